The minimum atomic E-state index is -2.96. The van der Waals surface area contributed by atoms with Crippen molar-refractivity contribution < 1.29 is 27.8 Å². The molecule has 0 aliphatic heterocycles. The van der Waals surface area contributed by atoms with Gasteiger partial charge < -0.3 is 14.8 Å². The van der Waals surface area contributed by atoms with Gasteiger partial charge in [-0.1, -0.05) is 0 Å². The molecule has 0 unspecified atom stereocenters. The highest BCUT2D eigenvalue weighted by Crippen LogP contribution is 2.22. The fourth-order valence-corrected chi connectivity index (χ4v) is 2.50. The van der Waals surface area contributed by atoms with Crippen molar-refractivity contribution in [2.45, 2.75) is 19.6 Å². The summed E-state index contributed by atoms with van der Waals surface area (Å²) in [5.74, 6) is -1.48. The highest BCUT2D eigenvalue weighted by molar-refractivity contribution is 7.14. The van der Waals surface area contributed by atoms with Crippen molar-refractivity contribution in [3.8, 4) is 11.8 Å². The van der Waals surface area contributed by atoms with Crippen molar-refractivity contribution in [2.24, 2.45) is 0 Å². The van der Waals surface area contributed by atoms with Crippen molar-refractivity contribution in [1.29, 1.82) is 5.26 Å². The third-order valence-corrected chi connectivity index (χ3v) is 3.82. The summed E-state index contributed by atoms with van der Waals surface area (Å²) in [6.45, 7) is -1.58. The van der Waals surface area contributed by atoms with Crippen LogP contribution in [0.1, 0.15) is 22.8 Å². The lowest BCUT2D eigenvalue weighted by molar-refractivity contribution is -0.123. The predicted octanol–water partition coefficient (Wildman–Crippen LogP) is 3.41. The first-order valence-corrected chi connectivity index (χ1v) is 7.83. The van der Waals surface area contributed by atoms with Crippen molar-refractivity contribution in [3.63, 3.8) is 0 Å². The summed E-state index contributed by atoms with van der Waals surface area (Å²) in [4.78, 5) is 24.0. The molecule has 0 saturated heterocycles. The van der Waals surface area contributed by atoms with Crippen LogP contribution in [0.2, 0.25) is 0 Å². The van der Waals surface area contributed by atoms with Crippen LogP contribution in [0.4, 0.5) is 13.8 Å². The molecule has 6 nitrogen and oxygen atoms in total. The quantitative estimate of drug-likeness (QED) is 0.792. The largest absolute Gasteiger partial charge is 0.449 e. The molecule has 1 heterocycles. The summed E-state index contributed by atoms with van der Waals surface area (Å²) in [5, 5.41) is 13.4. The van der Waals surface area contributed by atoms with Gasteiger partial charge in [0.25, 0.3) is 5.91 Å². The Bertz CT molecular complexity index is 799. The van der Waals surface area contributed by atoms with E-state index in [2.05, 4.69) is 10.1 Å². The van der Waals surface area contributed by atoms with E-state index in [0.29, 0.717) is 10.6 Å². The molecule has 130 valence electrons. The Morgan fingerprint density at radius 2 is 1.92 bits per heavy atom. The predicted molar refractivity (Wildman–Crippen MR) is 85.6 cm³/mol. The van der Waals surface area contributed by atoms with E-state index in [1.807, 2.05) is 6.07 Å². The molecule has 25 heavy (non-hydrogen) atoms. The maximum absolute atomic E-state index is 12.1. The van der Waals surface area contributed by atoms with Crippen molar-refractivity contribution >= 4 is 28.2 Å². The number of carbonyl (C=O) groups is 2. The number of hydrogen-bond acceptors (Lipinski definition) is 6. The molecule has 1 N–H and O–H groups in total. The Kier molecular flexibility index (Phi) is 6.03. The van der Waals surface area contributed by atoms with Gasteiger partial charge in [0.1, 0.15) is 16.8 Å². The van der Waals surface area contributed by atoms with E-state index in [0.717, 1.165) is 0 Å². The molecular formula is C16H12F2N2O4S. The minimum Gasteiger partial charge on any atom is -0.449 e. The molecule has 0 fully saturated rings. The van der Waals surface area contributed by atoms with E-state index < -0.39 is 24.6 Å². The normalized spacial score (nSPS) is 11.5. The van der Waals surface area contributed by atoms with Gasteiger partial charge in [0, 0.05) is 0 Å². The van der Waals surface area contributed by atoms with Gasteiger partial charge in [0.05, 0.1) is 11.1 Å². The molecule has 0 spiro atoms. The van der Waals surface area contributed by atoms with Crippen molar-refractivity contribution in [1.82, 2.24) is 0 Å². The molecule has 1 atom stereocenters. The fourth-order valence-electron chi connectivity index (χ4n) is 1.76. The Morgan fingerprint density at radius 1 is 1.24 bits per heavy atom. The van der Waals surface area contributed by atoms with Crippen molar-refractivity contribution in [3.05, 3.63) is 46.8 Å². The van der Waals surface area contributed by atoms with Crippen LogP contribution in [0.15, 0.2) is 35.7 Å². The summed E-state index contributed by atoms with van der Waals surface area (Å²) in [6, 6.07) is 8.36. The Labute approximate surface area is 145 Å². The van der Waals surface area contributed by atoms with Crippen LogP contribution in [0.25, 0.3) is 0 Å². The Morgan fingerprint density at radius 3 is 2.52 bits per heavy atom. The summed E-state index contributed by atoms with van der Waals surface area (Å²) >= 11 is 1.17. The lowest BCUT2D eigenvalue weighted by atomic mass is 10.2. The Balaban J connectivity index is 1.95. The number of carbonyl (C=O) groups excluding carboxylic acids is 2. The number of nitriles is 1. The number of ether oxygens (including phenoxy) is 2. The van der Waals surface area contributed by atoms with E-state index >= 15 is 0 Å². The monoisotopic (exact) mass is 366 g/mol. The number of halogens is 2. The molecule has 0 aliphatic carbocycles. The topological polar surface area (TPSA) is 88.4 Å². The minimum absolute atomic E-state index is 0.0788. The maximum atomic E-state index is 12.1. The number of nitrogens with one attached hydrogen (secondary N) is 1. The second-order valence-electron chi connectivity index (χ2n) is 4.71. The van der Waals surface area contributed by atoms with Crippen LogP contribution in [-0.2, 0) is 9.53 Å². The molecule has 1 amide bonds. The van der Waals surface area contributed by atoms with Gasteiger partial charge in [-0.2, -0.15) is 14.0 Å². The highest BCUT2D eigenvalue weighted by Gasteiger charge is 2.20. The van der Waals surface area contributed by atoms with E-state index in [4.69, 9.17) is 10.00 Å². The van der Waals surface area contributed by atoms with Crippen LogP contribution in [0, 0.1) is 11.3 Å². The van der Waals surface area contributed by atoms with E-state index in [9.17, 15) is 18.4 Å². The van der Waals surface area contributed by atoms with Crippen LogP contribution < -0.4 is 10.1 Å². The van der Waals surface area contributed by atoms with Crippen LogP contribution in [0.3, 0.4) is 0 Å². The molecule has 1 aromatic heterocycles. The van der Waals surface area contributed by atoms with Crippen LogP contribution >= 0.6 is 11.3 Å². The lowest BCUT2D eigenvalue weighted by Gasteiger charge is -2.13. The lowest BCUT2D eigenvalue weighted by Crippen LogP contribution is -2.29. The zero-order valence-corrected chi connectivity index (χ0v) is 13.7. The summed E-state index contributed by atoms with van der Waals surface area (Å²) < 4.78 is 33.3. The molecule has 0 saturated carbocycles. The van der Waals surface area contributed by atoms with Gasteiger partial charge in [0.15, 0.2) is 6.10 Å². The third kappa shape index (κ3) is 4.99. The van der Waals surface area contributed by atoms with E-state index in [1.165, 1.54) is 42.5 Å². The second kappa shape index (κ2) is 8.21. The van der Waals surface area contributed by atoms with Crippen molar-refractivity contribution in [2.75, 3.05) is 5.32 Å². The molecule has 0 bridgehead atoms. The number of esters is 1. The number of amides is 1. The van der Waals surface area contributed by atoms with Gasteiger partial charge in [-0.25, -0.2) is 4.79 Å². The van der Waals surface area contributed by atoms with Gasteiger partial charge in [-0.05, 0) is 42.6 Å². The zero-order chi connectivity index (χ0) is 18.4. The van der Waals surface area contributed by atoms with Gasteiger partial charge in [-0.15, -0.1) is 11.3 Å². The molecule has 2 rings (SSSR count). The number of nitrogens with zero attached hydrogens (tertiary/aromatic N) is 1. The van der Waals surface area contributed by atoms with E-state index in [-0.39, 0.29) is 11.3 Å². The van der Waals surface area contributed by atoms with Gasteiger partial charge >= 0.3 is 12.6 Å². The molecule has 9 heteroatoms. The number of anilines is 1. The number of rotatable bonds is 6. The molecular weight excluding hydrogens is 354 g/mol. The first kappa shape index (κ1) is 18.4. The number of benzene rings is 1. The Hall–Kier alpha value is -2.99. The maximum Gasteiger partial charge on any atom is 0.387 e. The molecule has 1 aromatic carbocycles. The average molecular weight is 366 g/mol. The average Bonchev–Trinajstić information content (AvgIpc) is 3.01. The number of hydrogen-bond donors (Lipinski definition) is 1. The number of alkyl halides is 2. The zero-order valence-electron chi connectivity index (χ0n) is 12.9. The van der Waals surface area contributed by atoms with Crippen LogP contribution in [-0.4, -0.2) is 24.6 Å². The summed E-state index contributed by atoms with van der Waals surface area (Å²) in [5.41, 5.74) is 0.390. The summed E-state index contributed by atoms with van der Waals surface area (Å²) in [7, 11) is 0. The third-order valence-electron chi connectivity index (χ3n) is 2.99. The van der Waals surface area contributed by atoms with E-state index in [1.54, 1.807) is 11.4 Å². The highest BCUT2D eigenvalue weighted by atomic mass is 32.1. The SMILES string of the molecule is C[C@@H](OC(=O)c1ccc(OC(F)F)cc1)C(=O)Nc1sccc1C#N. The second-order valence-corrected chi connectivity index (χ2v) is 5.63. The standard InChI is InChI=1S/C16H12F2N2O4S/c1-9(13(21)20-14-11(8-19)6-7-25-14)23-15(22)10-2-4-12(5-3-10)24-16(17)18/h2-7,9,16H,1H3,(H,20,21)/t9-/m1/s1. The molecule has 0 aliphatic rings. The van der Waals surface area contributed by atoms with Gasteiger partial charge in [-0.3, -0.25) is 4.79 Å². The summed E-state index contributed by atoms with van der Waals surface area (Å²) in [6.07, 6.45) is -1.11. The first-order chi connectivity index (χ1) is 11.9. The molecule has 0 radical (unpaired) electrons. The van der Waals surface area contributed by atoms with Gasteiger partial charge in [0.2, 0.25) is 0 Å². The first-order valence-electron chi connectivity index (χ1n) is 6.95. The van der Waals surface area contributed by atoms with Crippen LogP contribution in [0.5, 0.6) is 5.75 Å². The fraction of sp³-hybridized carbons (Fsp3) is 0.188. The number of thiophene rings is 1. The smallest absolute Gasteiger partial charge is 0.387 e. The molecule has 2 aromatic rings.